The van der Waals surface area contributed by atoms with Gasteiger partial charge in [-0.3, -0.25) is 4.79 Å². The van der Waals surface area contributed by atoms with Gasteiger partial charge in [-0.05, 0) is 13.8 Å². The molecule has 0 rings (SSSR count). The molecule has 0 atom stereocenters. The van der Waals surface area contributed by atoms with Gasteiger partial charge in [0.1, 0.15) is 0 Å². The van der Waals surface area contributed by atoms with Crippen molar-refractivity contribution in [3.63, 3.8) is 0 Å². The molecule has 6 heteroatoms. The first kappa shape index (κ1) is 12.4. The maximum Gasteiger partial charge on any atom is 0.220 e. The number of nitrogens with one attached hydrogen (secondary N) is 2. The summed E-state index contributed by atoms with van der Waals surface area (Å²) in [4.78, 5) is 10.7. The monoisotopic (exact) mass is 208 g/mol. The molecule has 0 heterocycles. The molecule has 0 aliphatic rings. The Hall–Kier alpha value is -0.620. The number of sulfonamides is 1. The second-order valence-electron chi connectivity index (χ2n) is 3.01. The van der Waals surface area contributed by atoms with Crippen molar-refractivity contribution < 1.29 is 13.2 Å². The number of carbonyl (C=O) groups is 1. The maximum absolute atomic E-state index is 11.2. The summed E-state index contributed by atoms with van der Waals surface area (Å²) in [5.74, 6) is -0.431. The molecule has 2 N–H and O–H groups in total. The standard InChI is InChI=1S/C7H16N2O3S/c1-6(2)9-13(11,12)5-4-7(10)8-3/h6,9H,4-5H2,1-3H3,(H,8,10). The minimum atomic E-state index is -3.30. The van der Waals surface area contributed by atoms with Crippen LogP contribution in [-0.2, 0) is 14.8 Å². The molecule has 0 saturated carbocycles. The van der Waals surface area contributed by atoms with Crippen molar-refractivity contribution in [2.45, 2.75) is 26.3 Å². The molecule has 0 bridgehead atoms. The van der Waals surface area contributed by atoms with Gasteiger partial charge in [-0.1, -0.05) is 0 Å². The largest absolute Gasteiger partial charge is 0.359 e. The van der Waals surface area contributed by atoms with Crippen molar-refractivity contribution in [3.05, 3.63) is 0 Å². The highest BCUT2D eigenvalue weighted by Crippen LogP contribution is 1.92. The fourth-order valence-electron chi connectivity index (χ4n) is 0.770. The zero-order valence-corrected chi connectivity index (χ0v) is 8.94. The van der Waals surface area contributed by atoms with E-state index in [4.69, 9.17) is 0 Å². The molecule has 0 fully saturated rings. The van der Waals surface area contributed by atoms with Crippen molar-refractivity contribution in [3.8, 4) is 0 Å². The van der Waals surface area contributed by atoms with Gasteiger partial charge in [0.2, 0.25) is 15.9 Å². The second-order valence-corrected chi connectivity index (χ2v) is 4.89. The third-order valence-electron chi connectivity index (χ3n) is 1.29. The lowest BCUT2D eigenvalue weighted by Gasteiger charge is -2.08. The van der Waals surface area contributed by atoms with E-state index in [1.54, 1.807) is 13.8 Å². The Bertz CT molecular complexity index is 259. The lowest BCUT2D eigenvalue weighted by Crippen LogP contribution is -2.34. The van der Waals surface area contributed by atoms with Crippen LogP contribution < -0.4 is 10.0 Å². The number of rotatable bonds is 5. The SMILES string of the molecule is CNC(=O)CCS(=O)(=O)NC(C)C. The van der Waals surface area contributed by atoms with E-state index in [0.29, 0.717) is 0 Å². The van der Waals surface area contributed by atoms with Crippen LogP contribution in [-0.4, -0.2) is 33.2 Å². The van der Waals surface area contributed by atoms with E-state index < -0.39 is 10.0 Å². The maximum atomic E-state index is 11.2. The third kappa shape index (κ3) is 6.53. The topological polar surface area (TPSA) is 75.3 Å². The van der Waals surface area contributed by atoms with Crippen LogP contribution in [0, 0.1) is 0 Å². The summed E-state index contributed by atoms with van der Waals surface area (Å²) in [6.07, 6.45) is -0.00144. The summed E-state index contributed by atoms with van der Waals surface area (Å²) < 4.78 is 24.7. The van der Waals surface area contributed by atoms with Gasteiger partial charge < -0.3 is 5.32 Å². The second kappa shape index (κ2) is 5.18. The Morgan fingerprint density at radius 1 is 1.38 bits per heavy atom. The van der Waals surface area contributed by atoms with Gasteiger partial charge in [0, 0.05) is 19.5 Å². The molecule has 0 saturated heterocycles. The molecule has 78 valence electrons. The minimum Gasteiger partial charge on any atom is -0.359 e. The quantitative estimate of drug-likeness (QED) is 0.636. The van der Waals surface area contributed by atoms with E-state index >= 15 is 0 Å². The van der Waals surface area contributed by atoms with E-state index in [1.165, 1.54) is 7.05 Å². The lowest BCUT2D eigenvalue weighted by atomic mass is 10.4. The zero-order valence-electron chi connectivity index (χ0n) is 8.12. The normalized spacial score (nSPS) is 11.7. The molecule has 0 aliphatic carbocycles. The smallest absolute Gasteiger partial charge is 0.220 e. The Balaban J connectivity index is 3.97. The average Bonchev–Trinajstić information content (AvgIpc) is 1.98. The summed E-state index contributed by atoms with van der Waals surface area (Å²) in [6, 6.07) is -0.130. The highest BCUT2D eigenvalue weighted by Gasteiger charge is 2.13. The average molecular weight is 208 g/mol. The summed E-state index contributed by atoms with van der Waals surface area (Å²) >= 11 is 0. The van der Waals surface area contributed by atoms with Crippen molar-refractivity contribution in [2.75, 3.05) is 12.8 Å². The Morgan fingerprint density at radius 3 is 2.31 bits per heavy atom. The van der Waals surface area contributed by atoms with Crippen LogP contribution in [0.5, 0.6) is 0 Å². The number of amides is 1. The van der Waals surface area contributed by atoms with Gasteiger partial charge in [-0.2, -0.15) is 0 Å². The van der Waals surface area contributed by atoms with Gasteiger partial charge in [-0.25, -0.2) is 13.1 Å². The molecule has 0 aromatic heterocycles. The van der Waals surface area contributed by atoms with Crippen molar-refractivity contribution in [1.82, 2.24) is 10.0 Å². The van der Waals surface area contributed by atoms with Crippen LogP contribution in [0.25, 0.3) is 0 Å². The number of hydrogen-bond donors (Lipinski definition) is 2. The Labute approximate surface area is 79.0 Å². The van der Waals surface area contributed by atoms with Crippen LogP contribution in [0.1, 0.15) is 20.3 Å². The van der Waals surface area contributed by atoms with Gasteiger partial charge in [0.25, 0.3) is 0 Å². The van der Waals surface area contributed by atoms with E-state index in [2.05, 4.69) is 10.0 Å². The third-order valence-corrected chi connectivity index (χ3v) is 2.86. The first-order chi connectivity index (χ1) is 5.87. The molecule has 0 radical (unpaired) electrons. The molecular formula is C7H16N2O3S. The van der Waals surface area contributed by atoms with E-state index in [1.807, 2.05) is 0 Å². The van der Waals surface area contributed by atoms with Gasteiger partial charge in [-0.15, -0.1) is 0 Å². The zero-order chi connectivity index (χ0) is 10.5. The molecule has 13 heavy (non-hydrogen) atoms. The van der Waals surface area contributed by atoms with Crippen molar-refractivity contribution in [1.29, 1.82) is 0 Å². The summed E-state index contributed by atoms with van der Waals surface area (Å²) in [5.41, 5.74) is 0. The predicted octanol–water partition coefficient (Wildman–Crippen LogP) is -0.550. The lowest BCUT2D eigenvalue weighted by molar-refractivity contribution is -0.120. The Morgan fingerprint density at radius 2 is 1.92 bits per heavy atom. The van der Waals surface area contributed by atoms with Gasteiger partial charge in [0.15, 0.2) is 0 Å². The molecule has 0 aliphatic heterocycles. The van der Waals surface area contributed by atoms with Crippen LogP contribution >= 0.6 is 0 Å². The number of carbonyl (C=O) groups excluding carboxylic acids is 1. The molecule has 0 spiro atoms. The number of hydrogen-bond acceptors (Lipinski definition) is 3. The van der Waals surface area contributed by atoms with Crippen LogP contribution in [0.2, 0.25) is 0 Å². The minimum absolute atomic E-state index is 0.00144. The van der Waals surface area contributed by atoms with Crippen molar-refractivity contribution in [2.24, 2.45) is 0 Å². The molecule has 5 nitrogen and oxygen atoms in total. The summed E-state index contributed by atoms with van der Waals surface area (Å²) in [7, 11) is -1.82. The molecular weight excluding hydrogens is 192 g/mol. The van der Waals surface area contributed by atoms with Crippen LogP contribution in [0.15, 0.2) is 0 Å². The van der Waals surface area contributed by atoms with E-state index in [9.17, 15) is 13.2 Å². The van der Waals surface area contributed by atoms with Crippen molar-refractivity contribution >= 4 is 15.9 Å². The predicted molar refractivity (Wildman–Crippen MR) is 50.7 cm³/mol. The van der Waals surface area contributed by atoms with Crippen LogP contribution in [0.4, 0.5) is 0 Å². The Kier molecular flexibility index (Phi) is 4.94. The molecule has 0 unspecified atom stereocenters. The van der Waals surface area contributed by atoms with Gasteiger partial charge in [0.05, 0.1) is 5.75 Å². The first-order valence-electron chi connectivity index (χ1n) is 4.08. The molecule has 1 amide bonds. The van der Waals surface area contributed by atoms with Crippen LogP contribution in [0.3, 0.4) is 0 Å². The molecule has 0 aromatic carbocycles. The summed E-state index contributed by atoms with van der Waals surface area (Å²) in [5, 5.41) is 2.36. The highest BCUT2D eigenvalue weighted by molar-refractivity contribution is 7.89. The first-order valence-corrected chi connectivity index (χ1v) is 5.73. The molecule has 0 aromatic rings. The summed E-state index contributed by atoms with van der Waals surface area (Å²) in [6.45, 7) is 3.47. The fraction of sp³-hybridized carbons (Fsp3) is 0.857. The van der Waals surface area contributed by atoms with E-state index in [-0.39, 0.29) is 24.1 Å². The van der Waals surface area contributed by atoms with E-state index in [0.717, 1.165) is 0 Å². The fourth-order valence-corrected chi connectivity index (χ4v) is 2.06. The van der Waals surface area contributed by atoms with Gasteiger partial charge >= 0.3 is 0 Å². The highest BCUT2D eigenvalue weighted by atomic mass is 32.2.